The van der Waals surface area contributed by atoms with E-state index in [4.69, 9.17) is 4.74 Å². The standard InChI is InChI=1S/C19H22FN3O2S/c1-9-12(4)26-19-16(9)18(24)22-17(23-19)11(3)21-10(2)14-8-13(20)6-7-15(14)25-5/h6-8,10-11,21H,1-5H3,(H,22,23,24)/t10-,11+/m1/s1. The van der Waals surface area contributed by atoms with E-state index in [2.05, 4.69) is 15.3 Å². The van der Waals surface area contributed by atoms with Crippen LogP contribution in [0.1, 0.15) is 47.8 Å². The number of H-pyrrole nitrogens is 1. The molecular weight excluding hydrogens is 353 g/mol. The third-order valence-corrected chi connectivity index (χ3v) is 5.73. The number of hydrogen-bond acceptors (Lipinski definition) is 5. The van der Waals surface area contributed by atoms with Gasteiger partial charge in [0.25, 0.3) is 5.56 Å². The normalized spacial score (nSPS) is 13.8. The van der Waals surface area contributed by atoms with E-state index >= 15 is 0 Å². The first-order valence-corrected chi connectivity index (χ1v) is 9.22. The number of thiophene rings is 1. The number of halogens is 1. The van der Waals surface area contributed by atoms with Gasteiger partial charge in [0, 0.05) is 16.5 Å². The lowest BCUT2D eigenvalue weighted by molar-refractivity contribution is 0.393. The summed E-state index contributed by atoms with van der Waals surface area (Å²) >= 11 is 1.52. The Morgan fingerprint density at radius 1 is 1.27 bits per heavy atom. The van der Waals surface area contributed by atoms with E-state index in [1.807, 2.05) is 27.7 Å². The van der Waals surface area contributed by atoms with Crippen molar-refractivity contribution in [2.75, 3.05) is 7.11 Å². The summed E-state index contributed by atoms with van der Waals surface area (Å²) in [5.74, 6) is 0.852. The van der Waals surface area contributed by atoms with E-state index in [0.717, 1.165) is 15.3 Å². The van der Waals surface area contributed by atoms with Gasteiger partial charge in [0.2, 0.25) is 0 Å². The highest BCUT2D eigenvalue weighted by atomic mass is 32.1. The first-order chi connectivity index (χ1) is 12.3. The quantitative estimate of drug-likeness (QED) is 0.703. The van der Waals surface area contributed by atoms with Crippen LogP contribution < -0.4 is 15.6 Å². The van der Waals surface area contributed by atoms with Crippen LogP contribution in [0.5, 0.6) is 5.75 Å². The topological polar surface area (TPSA) is 67.0 Å². The van der Waals surface area contributed by atoms with E-state index in [-0.39, 0.29) is 23.5 Å². The van der Waals surface area contributed by atoms with Gasteiger partial charge in [-0.15, -0.1) is 11.3 Å². The highest BCUT2D eigenvalue weighted by Gasteiger charge is 2.19. The van der Waals surface area contributed by atoms with Gasteiger partial charge in [0.1, 0.15) is 22.2 Å². The Kier molecular flexibility index (Phi) is 5.11. The van der Waals surface area contributed by atoms with E-state index in [1.165, 1.54) is 23.5 Å². The summed E-state index contributed by atoms with van der Waals surface area (Å²) in [7, 11) is 1.56. The van der Waals surface area contributed by atoms with E-state index in [9.17, 15) is 9.18 Å². The molecule has 0 aliphatic carbocycles. The highest BCUT2D eigenvalue weighted by molar-refractivity contribution is 7.18. The second-order valence-electron chi connectivity index (χ2n) is 6.41. The average Bonchev–Trinajstić information content (AvgIpc) is 2.89. The number of fused-ring (bicyclic) bond motifs is 1. The molecule has 26 heavy (non-hydrogen) atoms. The van der Waals surface area contributed by atoms with Crippen LogP contribution in [-0.2, 0) is 0 Å². The van der Waals surface area contributed by atoms with Crippen molar-refractivity contribution in [3.05, 3.63) is 56.2 Å². The van der Waals surface area contributed by atoms with Crippen LogP contribution >= 0.6 is 11.3 Å². The molecule has 0 saturated heterocycles. The zero-order valence-electron chi connectivity index (χ0n) is 15.4. The molecular formula is C19H22FN3O2S. The van der Waals surface area contributed by atoms with Gasteiger partial charge < -0.3 is 15.0 Å². The molecule has 0 amide bonds. The second kappa shape index (κ2) is 7.17. The number of methoxy groups -OCH3 is 1. The lowest BCUT2D eigenvalue weighted by Crippen LogP contribution is -2.26. The Morgan fingerprint density at radius 2 is 2.00 bits per heavy atom. The van der Waals surface area contributed by atoms with Gasteiger partial charge in [-0.3, -0.25) is 4.79 Å². The van der Waals surface area contributed by atoms with Crippen molar-refractivity contribution in [2.45, 2.75) is 39.8 Å². The summed E-state index contributed by atoms with van der Waals surface area (Å²) in [5.41, 5.74) is 1.56. The molecule has 3 aromatic rings. The number of aryl methyl sites for hydroxylation is 2. The Balaban J connectivity index is 1.91. The van der Waals surface area contributed by atoms with Crippen LogP contribution in [0.25, 0.3) is 10.2 Å². The van der Waals surface area contributed by atoms with Crippen LogP contribution in [0.15, 0.2) is 23.0 Å². The first-order valence-electron chi connectivity index (χ1n) is 8.41. The summed E-state index contributed by atoms with van der Waals surface area (Å²) in [6.45, 7) is 7.76. The monoisotopic (exact) mass is 375 g/mol. The Morgan fingerprint density at radius 3 is 2.69 bits per heavy atom. The number of ether oxygens (including phenoxy) is 1. The van der Waals surface area contributed by atoms with Crippen LogP contribution in [-0.4, -0.2) is 17.1 Å². The first kappa shape index (κ1) is 18.5. The highest BCUT2D eigenvalue weighted by Crippen LogP contribution is 2.29. The van der Waals surface area contributed by atoms with Crippen molar-refractivity contribution < 1.29 is 9.13 Å². The maximum absolute atomic E-state index is 13.6. The van der Waals surface area contributed by atoms with Gasteiger partial charge in [0.15, 0.2) is 0 Å². The van der Waals surface area contributed by atoms with Gasteiger partial charge in [-0.05, 0) is 51.5 Å². The molecule has 1 aromatic carbocycles. The predicted molar refractivity (Wildman–Crippen MR) is 103 cm³/mol. The average molecular weight is 375 g/mol. The van der Waals surface area contributed by atoms with Crippen LogP contribution in [0.3, 0.4) is 0 Å². The second-order valence-corrected chi connectivity index (χ2v) is 7.61. The Bertz CT molecular complexity index is 1010. The predicted octanol–water partition coefficient (Wildman–Crippen LogP) is 4.16. The lowest BCUT2D eigenvalue weighted by atomic mass is 10.1. The molecule has 2 atom stereocenters. The van der Waals surface area contributed by atoms with Crippen LogP contribution in [0, 0.1) is 19.7 Å². The fourth-order valence-corrected chi connectivity index (χ4v) is 4.10. The van der Waals surface area contributed by atoms with Crippen molar-refractivity contribution in [3.8, 4) is 5.75 Å². The summed E-state index contributed by atoms with van der Waals surface area (Å²) in [4.78, 5) is 21.8. The molecule has 7 heteroatoms. The third kappa shape index (κ3) is 3.37. The van der Waals surface area contributed by atoms with Gasteiger partial charge in [-0.2, -0.15) is 0 Å². The molecule has 0 unspecified atom stereocenters. The fourth-order valence-electron chi connectivity index (χ4n) is 3.06. The fraction of sp³-hybridized carbons (Fsp3) is 0.368. The maximum atomic E-state index is 13.6. The number of rotatable bonds is 5. The smallest absolute Gasteiger partial charge is 0.259 e. The minimum Gasteiger partial charge on any atom is -0.496 e. The summed E-state index contributed by atoms with van der Waals surface area (Å²) in [6, 6.07) is 4.01. The molecule has 2 aromatic heterocycles. The summed E-state index contributed by atoms with van der Waals surface area (Å²) in [6.07, 6.45) is 0. The zero-order valence-corrected chi connectivity index (χ0v) is 16.3. The Labute approximate surface area is 155 Å². The molecule has 5 nitrogen and oxygen atoms in total. The molecule has 0 fully saturated rings. The molecule has 2 N–H and O–H groups in total. The van der Waals surface area contributed by atoms with Crippen molar-refractivity contribution in [3.63, 3.8) is 0 Å². The van der Waals surface area contributed by atoms with Gasteiger partial charge in [0.05, 0.1) is 18.5 Å². The number of nitrogens with zero attached hydrogens (tertiary/aromatic N) is 1. The number of aromatic amines is 1. The SMILES string of the molecule is COc1ccc(F)cc1[C@@H](C)N[C@@H](C)c1nc2sc(C)c(C)c2c(=O)[nH]1. The van der Waals surface area contributed by atoms with E-state index in [0.29, 0.717) is 22.5 Å². The van der Waals surface area contributed by atoms with E-state index in [1.54, 1.807) is 13.2 Å². The number of aromatic nitrogens is 2. The third-order valence-electron chi connectivity index (χ3n) is 4.63. The largest absolute Gasteiger partial charge is 0.496 e. The van der Waals surface area contributed by atoms with Crippen LogP contribution in [0.4, 0.5) is 4.39 Å². The lowest BCUT2D eigenvalue weighted by Gasteiger charge is -2.21. The minimum absolute atomic E-state index is 0.128. The van der Waals surface area contributed by atoms with Gasteiger partial charge in [-0.1, -0.05) is 0 Å². The maximum Gasteiger partial charge on any atom is 0.259 e. The molecule has 0 radical (unpaired) electrons. The van der Waals surface area contributed by atoms with Gasteiger partial charge in [-0.25, -0.2) is 9.37 Å². The van der Waals surface area contributed by atoms with Crippen molar-refractivity contribution in [1.82, 2.24) is 15.3 Å². The summed E-state index contributed by atoms with van der Waals surface area (Å²) < 4.78 is 19.0. The molecule has 0 aliphatic heterocycles. The molecule has 0 spiro atoms. The van der Waals surface area contributed by atoms with Crippen molar-refractivity contribution in [2.24, 2.45) is 0 Å². The number of benzene rings is 1. The Hall–Kier alpha value is -2.25. The number of nitrogens with one attached hydrogen (secondary N) is 2. The molecule has 3 rings (SSSR count). The number of hydrogen-bond donors (Lipinski definition) is 2. The molecule has 2 heterocycles. The molecule has 0 bridgehead atoms. The zero-order chi connectivity index (χ0) is 19.0. The minimum atomic E-state index is -0.320. The molecule has 0 saturated carbocycles. The van der Waals surface area contributed by atoms with Crippen molar-refractivity contribution in [1.29, 1.82) is 0 Å². The van der Waals surface area contributed by atoms with Gasteiger partial charge >= 0.3 is 0 Å². The summed E-state index contributed by atoms with van der Waals surface area (Å²) in [5, 5.41) is 4.01. The van der Waals surface area contributed by atoms with Crippen molar-refractivity contribution >= 4 is 21.6 Å². The van der Waals surface area contributed by atoms with E-state index < -0.39 is 0 Å². The molecule has 138 valence electrons. The molecule has 0 aliphatic rings. The van der Waals surface area contributed by atoms with Crippen LogP contribution in [0.2, 0.25) is 0 Å².